The topological polar surface area (TPSA) is 67.8 Å². The van der Waals surface area contributed by atoms with Gasteiger partial charge in [-0.05, 0) is 45.0 Å². The molecule has 0 heterocycles. The van der Waals surface area contributed by atoms with Gasteiger partial charge in [-0.2, -0.15) is 21.6 Å². The summed E-state index contributed by atoms with van der Waals surface area (Å²) in [4.78, 5) is 5.42. The van der Waals surface area contributed by atoms with Gasteiger partial charge in [0.1, 0.15) is 0 Å². The van der Waals surface area contributed by atoms with Gasteiger partial charge in [-0.3, -0.25) is 4.72 Å². The zero-order valence-electron chi connectivity index (χ0n) is 15.5. The number of hydrogen-bond acceptors (Lipinski definition) is 4. The van der Waals surface area contributed by atoms with E-state index < -0.39 is 21.6 Å². The lowest BCUT2D eigenvalue weighted by Gasteiger charge is -2.16. The quantitative estimate of drug-likeness (QED) is 0.413. The molecule has 0 aliphatic rings. The van der Waals surface area contributed by atoms with Gasteiger partial charge < -0.3 is 4.84 Å². The molecule has 0 saturated heterocycles. The summed E-state index contributed by atoms with van der Waals surface area (Å²) in [6, 6.07) is 9.03. The van der Waals surface area contributed by atoms with Gasteiger partial charge in [-0.25, -0.2) is 0 Å². The van der Waals surface area contributed by atoms with Crippen molar-refractivity contribution in [2.45, 2.75) is 32.4 Å². The highest BCUT2D eigenvalue weighted by Crippen LogP contribution is 2.30. The van der Waals surface area contributed by atoms with Crippen LogP contribution in [-0.2, 0) is 14.9 Å². The predicted octanol–water partition coefficient (Wildman–Crippen LogP) is 6.07. The van der Waals surface area contributed by atoms with Crippen LogP contribution in [-0.4, -0.2) is 19.6 Å². The molecule has 0 bridgehead atoms. The van der Waals surface area contributed by atoms with E-state index in [1.807, 2.05) is 0 Å². The third kappa shape index (κ3) is 5.77. The van der Waals surface area contributed by atoms with E-state index in [-0.39, 0.29) is 17.0 Å². The number of rotatable bonds is 6. The van der Waals surface area contributed by atoms with E-state index in [1.165, 1.54) is 25.1 Å². The summed E-state index contributed by atoms with van der Waals surface area (Å²) >= 11 is 12.0. The third-order valence-electron chi connectivity index (χ3n) is 3.86. The lowest BCUT2D eigenvalue weighted by molar-refractivity contribution is -0.0429. The van der Waals surface area contributed by atoms with E-state index >= 15 is 0 Å². The molecule has 158 valence electrons. The fourth-order valence-corrected chi connectivity index (χ4v) is 3.49. The van der Waals surface area contributed by atoms with Crippen LogP contribution in [0.3, 0.4) is 0 Å². The molecule has 0 aromatic heterocycles. The van der Waals surface area contributed by atoms with Crippen LogP contribution in [0, 0.1) is 6.92 Å². The van der Waals surface area contributed by atoms with Gasteiger partial charge in [-0.15, -0.1) is 0 Å². The van der Waals surface area contributed by atoms with E-state index in [0.717, 1.165) is 0 Å². The van der Waals surface area contributed by atoms with Crippen molar-refractivity contribution in [3.05, 3.63) is 63.1 Å². The van der Waals surface area contributed by atoms with Crippen LogP contribution in [0.15, 0.2) is 41.6 Å². The van der Waals surface area contributed by atoms with Crippen LogP contribution in [0.5, 0.6) is 0 Å². The number of sulfonamides is 1. The van der Waals surface area contributed by atoms with Gasteiger partial charge in [0.2, 0.25) is 0 Å². The Kier molecular flexibility index (Phi) is 7.08. The molecule has 0 fully saturated rings. The van der Waals surface area contributed by atoms with Crippen LogP contribution >= 0.6 is 23.2 Å². The minimum atomic E-state index is -5.58. The van der Waals surface area contributed by atoms with Gasteiger partial charge >= 0.3 is 15.5 Å². The van der Waals surface area contributed by atoms with Crippen molar-refractivity contribution in [2.75, 3.05) is 4.72 Å². The summed E-state index contributed by atoms with van der Waals surface area (Å²) in [6.07, 6.45) is -0.588. The maximum Gasteiger partial charge on any atom is 0.516 e. The molecule has 0 spiro atoms. The van der Waals surface area contributed by atoms with Crippen LogP contribution in [0.4, 0.5) is 18.9 Å². The number of alkyl halides is 3. The molecule has 0 amide bonds. The first-order chi connectivity index (χ1) is 13.3. The highest BCUT2D eigenvalue weighted by molar-refractivity contribution is 7.93. The summed E-state index contributed by atoms with van der Waals surface area (Å²) in [5, 5.41) is 4.76. The summed E-state index contributed by atoms with van der Waals surface area (Å²) in [5.74, 6) is 0. The minimum absolute atomic E-state index is 0.146. The second-order valence-electron chi connectivity index (χ2n) is 6.19. The monoisotopic (exact) mass is 468 g/mol. The molecule has 5 nitrogen and oxygen atoms in total. The number of oxime groups is 1. The zero-order chi connectivity index (χ0) is 22.0. The fourth-order valence-electron chi connectivity index (χ4n) is 2.34. The highest BCUT2D eigenvalue weighted by Gasteiger charge is 2.46. The smallest absolute Gasteiger partial charge is 0.388 e. The first-order valence-electron chi connectivity index (χ1n) is 8.17. The Bertz CT molecular complexity index is 1040. The number of anilines is 1. The first kappa shape index (κ1) is 23.3. The summed E-state index contributed by atoms with van der Waals surface area (Å²) in [6.45, 7) is 4.86. The maximum atomic E-state index is 12.7. The third-order valence-corrected chi connectivity index (χ3v) is 5.52. The maximum absolute atomic E-state index is 12.7. The SMILES string of the molecule is C/C(=N\OC(C)c1ccc(Cl)cc1Cl)c1cc(C)ccc1NS(=O)(=O)C(F)(F)F. The molecule has 29 heavy (non-hydrogen) atoms. The largest absolute Gasteiger partial charge is 0.516 e. The Labute approximate surface area is 176 Å². The van der Waals surface area contributed by atoms with Gasteiger partial charge in [0, 0.05) is 21.2 Å². The molecule has 1 atom stereocenters. The molecule has 0 aliphatic heterocycles. The Morgan fingerprint density at radius 2 is 1.83 bits per heavy atom. The molecular formula is C18H17Cl2F3N2O3S. The predicted molar refractivity (Wildman–Crippen MR) is 108 cm³/mol. The van der Waals surface area contributed by atoms with Crippen molar-refractivity contribution in [3.8, 4) is 0 Å². The lowest BCUT2D eigenvalue weighted by Crippen LogP contribution is -2.30. The van der Waals surface area contributed by atoms with Crippen LogP contribution in [0.25, 0.3) is 0 Å². The molecule has 2 aromatic carbocycles. The molecule has 0 radical (unpaired) electrons. The van der Waals surface area contributed by atoms with E-state index in [9.17, 15) is 21.6 Å². The second-order valence-corrected chi connectivity index (χ2v) is 8.71. The van der Waals surface area contributed by atoms with Crippen LogP contribution < -0.4 is 4.72 Å². The molecule has 0 saturated carbocycles. The van der Waals surface area contributed by atoms with E-state index in [0.29, 0.717) is 21.2 Å². The van der Waals surface area contributed by atoms with Crippen LogP contribution in [0.2, 0.25) is 10.0 Å². The average molecular weight is 469 g/mol. The van der Waals surface area contributed by atoms with Crippen molar-refractivity contribution >= 4 is 44.6 Å². The van der Waals surface area contributed by atoms with E-state index in [1.54, 1.807) is 36.8 Å². The van der Waals surface area contributed by atoms with Crippen LogP contribution in [0.1, 0.15) is 36.6 Å². The number of halogens is 5. The number of aryl methyl sites for hydroxylation is 1. The van der Waals surface area contributed by atoms with Gasteiger partial charge in [0.15, 0.2) is 6.10 Å². The average Bonchev–Trinajstić information content (AvgIpc) is 2.59. The fraction of sp³-hybridized carbons (Fsp3) is 0.278. The van der Waals surface area contributed by atoms with Gasteiger partial charge in [0.05, 0.1) is 11.4 Å². The minimum Gasteiger partial charge on any atom is -0.388 e. The van der Waals surface area contributed by atoms with Crippen molar-refractivity contribution in [1.82, 2.24) is 0 Å². The number of benzene rings is 2. The number of hydrogen-bond donors (Lipinski definition) is 1. The molecule has 11 heteroatoms. The van der Waals surface area contributed by atoms with Gasteiger partial charge in [0.25, 0.3) is 0 Å². The zero-order valence-corrected chi connectivity index (χ0v) is 17.8. The Balaban J connectivity index is 2.32. The number of nitrogens with zero attached hydrogens (tertiary/aromatic N) is 1. The molecule has 1 unspecified atom stereocenters. The first-order valence-corrected chi connectivity index (χ1v) is 10.4. The molecule has 0 aliphatic carbocycles. The molecule has 2 aromatic rings. The Morgan fingerprint density at radius 3 is 2.41 bits per heavy atom. The summed E-state index contributed by atoms with van der Waals surface area (Å²) in [7, 11) is -5.58. The summed E-state index contributed by atoms with van der Waals surface area (Å²) < 4.78 is 62.6. The standard InChI is InChI=1S/C18H17Cl2F3N2O3S/c1-10-4-7-17(25-29(26,27)18(21,22)23)15(8-10)11(2)24-28-12(3)14-6-5-13(19)9-16(14)20/h4-9,12,25H,1-3H3/b24-11+. The highest BCUT2D eigenvalue weighted by atomic mass is 35.5. The van der Waals surface area contributed by atoms with Crippen molar-refractivity contribution in [3.63, 3.8) is 0 Å². The Morgan fingerprint density at radius 1 is 1.17 bits per heavy atom. The molecular weight excluding hydrogens is 452 g/mol. The van der Waals surface area contributed by atoms with Gasteiger partial charge in [-0.1, -0.05) is 46.1 Å². The molecule has 1 N–H and O–H groups in total. The summed E-state index contributed by atoms with van der Waals surface area (Å²) in [5.41, 5.74) is -4.10. The lowest BCUT2D eigenvalue weighted by atomic mass is 10.1. The van der Waals surface area contributed by atoms with Crippen molar-refractivity contribution in [2.24, 2.45) is 5.16 Å². The van der Waals surface area contributed by atoms with Crippen molar-refractivity contribution < 1.29 is 26.4 Å². The Hall–Kier alpha value is -1.97. The molecule has 2 rings (SSSR count). The normalized spacial score (nSPS) is 13.9. The second kappa shape index (κ2) is 8.81. The van der Waals surface area contributed by atoms with E-state index in [4.69, 9.17) is 28.0 Å². The number of nitrogens with one attached hydrogen (secondary N) is 1. The van der Waals surface area contributed by atoms with E-state index in [2.05, 4.69) is 5.16 Å². The van der Waals surface area contributed by atoms with Crippen molar-refractivity contribution in [1.29, 1.82) is 0 Å².